The van der Waals surface area contributed by atoms with Crippen molar-refractivity contribution in [1.82, 2.24) is 5.32 Å². The standard InChI is InChI=1S/C15H21Cl2NS/c1-3-18-14(15(2)7-4-8-19-15)10-11-5-6-12(16)13(17)9-11/h5-6,9,14,18H,3-4,7-8,10H2,1-2H3. The molecule has 1 heterocycles. The maximum atomic E-state index is 6.11. The number of hydrogen-bond acceptors (Lipinski definition) is 2. The Kier molecular flexibility index (Phi) is 5.47. The topological polar surface area (TPSA) is 12.0 Å². The van der Waals surface area contributed by atoms with E-state index in [0.717, 1.165) is 13.0 Å². The lowest BCUT2D eigenvalue weighted by Gasteiger charge is -2.34. The molecule has 1 aromatic rings. The molecule has 1 N–H and O–H groups in total. The van der Waals surface area contributed by atoms with E-state index in [9.17, 15) is 0 Å². The molecule has 0 aromatic heterocycles. The highest BCUT2D eigenvalue weighted by Crippen LogP contribution is 2.41. The lowest BCUT2D eigenvalue weighted by molar-refractivity contribution is 0.406. The summed E-state index contributed by atoms with van der Waals surface area (Å²) in [6.07, 6.45) is 3.62. The maximum Gasteiger partial charge on any atom is 0.0595 e. The molecule has 1 aromatic carbocycles. The molecule has 1 aliphatic rings. The third-order valence-electron chi connectivity index (χ3n) is 3.86. The van der Waals surface area contributed by atoms with E-state index in [2.05, 4.69) is 37.0 Å². The van der Waals surface area contributed by atoms with Crippen molar-refractivity contribution in [3.8, 4) is 0 Å². The molecule has 106 valence electrons. The lowest BCUT2D eigenvalue weighted by Crippen LogP contribution is -2.46. The van der Waals surface area contributed by atoms with E-state index in [0.29, 0.717) is 20.8 Å². The first-order valence-electron chi connectivity index (χ1n) is 6.86. The van der Waals surface area contributed by atoms with E-state index < -0.39 is 0 Å². The largest absolute Gasteiger partial charge is 0.313 e. The Hall–Kier alpha value is 0.110. The molecule has 2 unspecified atom stereocenters. The molecule has 1 nitrogen and oxygen atoms in total. The SMILES string of the molecule is CCNC(Cc1ccc(Cl)c(Cl)c1)C1(C)CCCS1. The van der Waals surface area contributed by atoms with Crippen LogP contribution in [0.15, 0.2) is 18.2 Å². The van der Waals surface area contributed by atoms with Crippen molar-refractivity contribution in [3.05, 3.63) is 33.8 Å². The fraction of sp³-hybridized carbons (Fsp3) is 0.600. The van der Waals surface area contributed by atoms with Crippen molar-refractivity contribution in [2.24, 2.45) is 0 Å². The fourth-order valence-electron chi connectivity index (χ4n) is 2.73. The Morgan fingerprint density at radius 1 is 1.37 bits per heavy atom. The zero-order valence-corrected chi connectivity index (χ0v) is 13.8. The van der Waals surface area contributed by atoms with Crippen LogP contribution in [0.2, 0.25) is 10.0 Å². The van der Waals surface area contributed by atoms with Crippen molar-refractivity contribution in [3.63, 3.8) is 0 Å². The van der Waals surface area contributed by atoms with Crippen molar-refractivity contribution >= 4 is 35.0 Å². The lowest BCUT2D eigenvalue weighted by atomic mass is 9.91. The van der Waals surface area contributed by atoms with Crippen molar-refractivity contribution < 1.29 is 0 Å². The Bertz CT molecular complexity index is 430. The van der Waals surface area contributed by atoms with Gasteiger partial charge in [-0.25, -0.2) is 0 Å². The predicted octanol–water partition coefficient (Wildman–Crippen LogP) is 4.80. The maximum absolute atomic E-state index is 6.11. The smallest absolute Gasteiger partial charge is 0.0595 e. The van der Waals surface area contributed by atoms with Crippen LogP contribution >= 0.6 is 35.0 Å². The summed E-state index contributed by atoms with van der Waals surface area (Å²) in [6.45, 7) is 5.56. The first kappa shape index (κ1) is 15.5. The van der Waals surface area contributed by atoms with Crippen LogP contribution in [-0.4, -0.2) is 23.1 Å². The normalized spacial score (nSPS) is 24.6. The average Bonchev–Trinajstić information content (AvgIpc) is 2.81. The van der Waals surface area contributed by atoms with Crippen LogP contribution in [0, 0.1) is 0 Å². The summed E-state index contributed by atoms with van der Waals surface area (Å²) in [4.78, 5) is 0. The number of thioether (sulfide) groups is 1. The van der Waals surface area contributed by atoms with Crippen LogP contribution < -0.4 is 5.32 Å². The van der Waals surface area contributed by atoms with Crippen molar-refractivity contribution in [2.45, 2.75) is 43.9 Å². The van der Waals surface area contributed by atoms with Gasteiger partial charge < -0.3 is 5.32 Å². The minimum atomic E-state index is 0.335. The molecular formula is C15H21Cl2NS. The Labute approximate surface area is 130 Å². The third kappa shape index (κ3) is 3.81. The molecule has 0 spiro atoms. The van der Waals surface area contributed by atoms with Gasteiger partial charge in [0, 0.05) is 10.8 Å². The first-order chi connectivity index (χ1) is 9.05. The molecule has 0 saturated carbocycles. The molecule has 0 radical (unpaired) electrons. The molecule has 1 fully saturated rings. The average molecular weight is 318 g/mol. The van der Waals surface area contributed by atoms with Gasteiger partial charge in [-0.05, 0) is 56.2 Å². The Balaban J connectivity index is 2.13. The number of nitrogens with one attached hydrogen (secondary N) is 1. The van der Waals surface area contributed by atoms with Crippen LogP contribution in [0.3, 0.4) is 0 Å². The summed E-state index contributed by atoms with van der Waals surface area (Å²) in [5, 5.41) is 4.93. The number of rotatable bonds is 5. The van der Waals surface area contributed by atoms with E-state index in [1.165, 1.54) is 24.2 Å². The van der Waals surface area contributed by atoms with E-state index in [-0.39, 0.29) is 0 Å². The number of benzene rings is 1. The van der Waals surface area contributed by atoms with E-state index in [1.54, 1.807) is 0 Å². The summed E-state index contributed by atoms with van der Waals surface area (Å²) in [6, 6.07) is 6.47. The summed E-state index contributed by atoms with van der Waals surface area (Å²) < 4.78 is 0.335. The van der Waals surface area contributed by atoms with E-state index in [1.807, 2.05) is 12.1 Å². The summed E-state index contributed by atoms with van der Waals surface area (Å²) in [5.41, 5.74) is 1.26. The molecular weight excluding hydrogens is 297 g/mol. The van der Waals surface area contributed by atoms with Gasteiger partial charge in [0.2, 0.25) is 0 Å². The van der Waals surface area contributed by atoms with Gasteiger partial charge in [0.25, 0.3) is 0 Å². The molecule has 0 bridgehead atoms. The summed E-state index contributed by atoms with van der Waals surface area (Å²) in [5.74, 6) is 1.28. The number of hydrogen-bond donors (Lipinski definition) is 1. The zero-order valence-electron chi connectivity index (χ0n) is 11.5. The van der Waals surface area contributed by atoms with Gasteiger partial charge in [-0.3, -0.25) is 0 Å². The molecule has 1 aliphatic heterocycles. The van der Waals surface area contributed by atoms with Crippen LogP contribution in [-0.2, 0) is 6.42 Å². The van der Waals surface area contributed by atoms with Gasteiger partial charge in [0.15, 0.2) is 0 Å². The van der Waals surface area contributed by atoms with Crippen molar-refractivity contribution in [1.29, 1.82) is 0 Å². The molecule has 2 rings (SSSR count). The second-order valence-corrected chi connectivity index (χ2v) is 7.77. The first-order valence-corrected chi connectivity index (χ1v) is 8.60. The van der Waals surface area contributed by atoms with Crippen LogP contribution in [0.25, 0.3) is 0 Å². The zero-order chi connectivity index (χ0) is 13.9. The molecule has 0 amide bonds. The van der Waals surface area contributed by atoms with Crippen LogP contribution in [0.1, 0.15) is 32.3 Å². The van der Waals surface area contributed by atoms with E-state index in [4.69, 9.17) is 23.2 Å². The van der Waals surface area contributed by atoms with Crippen molar-refractivity contribution in [2.75, 3.05) is 12.3 Å². The molecule has 0 aliphatic carbocycles. The summed E-state index contributed by atoms with van der Waals surface area (Å²) >= 11 is 14.2. The van der Waals surface area contributed by atoms with Gasteiger partial charge in [-0.2, -0.15) is 11.8 Å². The molecule has 19 heavy (non-hydrogen) atoms. The molecule has 2 atom stereocenters. The Morgan fingerprint density at radius 3 is 2.74 bits per heavy atom. The van der Waals surface area contributed by atoms with Gasteiger partial charge >= 0.3 is 0 Å². The van der Waals surface area contributed by atoms with Crippen LogP contribution in [0.5, 0.6) is 0 Å². The number of likely N-dealkylation sites (N-methyl/N-ethyl adjacent to an activating group) is 1. The monoisotopic (exact) mass is 317 g/mol. The quantitative estimate of drug-likeness (QED) is 0.837. The van der Waals surface area contributed by atoms with Gasteiger partial charge in [0.05, 0.1) is 10.0 Å². The highest BCUT2D eigenvalue weighted by atomic mass is 35.5. The third-order valence-corrected chi connectivity index (χ3v) is 6.24. The minimum Gasteiger partial charge on any atom is -0.313 e. The Morgan fingerprint density at radius 2 is 2.16 bits per heavy atom. The highest BCUT2D eigenvalue weighted by molar-refractivity contribution is 8.00. The number of halogens is 2. The predicted molar refractivity (Wildman–Crippen MR) is 87.7 cm³/mol. The van der Waals surface area contributed by atoms with Gasteiger partial charge in [-0.1, -0.05) is 36.2 Å². The van der Waals surface area contributed by atoms with Gasteiger partial charge in [0.1, 0.15) is 0 Å². The molecule has 4 heteroatoms. The molecule has 1 saturated heterocycles. The second kappa shape index (κ2) is 6.71. The fourth-order valence-corrected chi connectivity index (χ4v) is 4.46. The van der Waals surface area contributed by atoms with Crippen LogP contribution in [0.4, 0.5) is 0 Å². The highest BCUT2D eigenvalue weighted by Gasteiger charge is 2.37. The minimum absolute atomic E-state index is 0.335. The van der Waals surface area contributed by atoms with E-state index >= 15 is 0 Å². The summed E-state index contributed by atoms with van der Waals surface area (Å²) in [7, 11) is 0. The second-order valence-electron chi connectivity index (χ2n) is 5.33. The van der Waals surface area contributed by atoms with Gasteiger partial charge in [-0.15, -0.1) is 0 Å².